The van der Waals surface area contributed by atoms with Crippen molar-refractivity contribution in [2.24, 2.45) is 5.92 Å². The minimum absolute atomic E-state index is 0.0377. The molecule has 3 aromatic carbocycles. The number of rotatable bonds is 9. The number of nitrogens with one attached hydrogen (secondary N) is 1. The minimum atomic E-state index is -2.04. The summed E-state index contributed by atoms with van der Waals surface area (Å²) >= 11 is 17.1. The largest absolute Gasteiger partial charge is 0.459 e. The van der Waals surface area contributed by atoms with Crippen LogP contribution in [0.4, 0.5) is 0 Å². The van der Waals surface area contributed by atoms with Gasteiger partial charge in [0.2, 0.25) is 0 Å². The highest BCUT2D eigenvalue weighted by Crippen LogP contribution is 2.43. The van der Waals surface area contributed by atoms with Crippen molar-refractivity contribution in [3.8, 4) is 11.1 Å². The van der Waals surface area contributed by atoms with Gasteiger partial charge in [0.05, 0.1) is 18.8 Å². The molecule has 0 aromatic heterocycles. The van der Waals surface area contributed by atoms with E-state index in [9.17, 15) is 14.7 Å². The van der Waals surface area contributed by atoms with Crippen LogP contribution in [0.5, 0.6) is 0 Å². The number of ether oxygens (including phenoxy) is 3. The molecule has 0 unspecified atom stereocenters. The zero-order chi connectivity index (χ0) is 34.6. The maximum atomic E-state index is 13.2. The highest BCUT2D eigenvalue weighted by atomic mass is 35.6. The molecule has 1 amide bonds. The zero-order valence-corrected chi connectivity index (χ0v) is 29.9. The molecule has 3 aromatic rings. The van der Waals surface area contributed by atoms with Crippen LogP contribution < -0.4 is 5.32 Å². The van der Waals surface area contributed by atoms with Crippen molar-refractivity contribution in [1.29, 1.82) is 0 Å². The maximum absolute atomic E-state index is 13.2. The third-order valence-corrected chi connectivity index (χ3v) is 9.22. The first-order valence-electron chi connectivity index (χ1n) is 16.2. The number of likely N-dealkylation sites (tertiary alicyclic amines) is 1. The molecule has 2 aliphatic rings. The van der Waals surface area contributed by atoms with E-state index in [2.05, 4.69) is 17.1 Å². The maximum Gasteiger partial charge on any atom is 0.323 e. The first-order chi connectivity index (χ1) is 22.7. The Hall–Kier alpha value is -2.69. The van der Waals surface area contributed by atoms with Crippen molar-refractivity contribution in [2.45, 2.75) is 87.6 Å². The van der Waals surface area contributed by atoms with Gasteiger partial charge in [-0.05, 0) is 80.1 Å². The fraction of sp³-hybridized carbons (Fsp3) is 0.459. The van der Waals surface area contributed by atoms with Gasteiger partial charge in [0.15, 0.2) is 6.29 Å². The molecule has 0 bridgehead atoms. The molecule has 0 saturated carbocycles. The van der Waals surface area contributed by atoms with Crippen molar-refractivity contribution in [2.75, 3.05) is 13.1 Å². The van der Waals surface area contributed by atoms with E-state index < -0.39 is 21.6 Å². The first kappa shape index (κ1) is 36.6. The van der Waals surface area contributed by atoms with Gasteiger partial charge in [-0.1, -0.05) is 102 Å². The van der Waals surface area contributed by atoms with E-state index in [4.69, 9.17) is 49.0 Å². The van der Waals surface area contributed by atoms with E-state index in [0.717, 1.165) is 52.8 Å². The summed E-state index contributed by atoms with van der Waals surface area (Å²) in [5.41, 5.74) is 4.82. The molecule has 48 heavy (non-hydrogen) atoms. The van der Waals surface area contributed by atoms with Gasteiger partial charge in [0.1, 0.15) is 11.6 Å². The number of carbonyl (C=O) groups excluding carboxylic acids is 2. The number of benzene rings is 3. The second-order valence-corrected chi connectivity index (χ2v) is 15.8. The van der Waals surface area contributed by atoms with Crippen molar-refractivity contribution in [1.82, 2.24) is 10.2 Å². The number of hydrogen-bond donors (Lipinski definition) is 2. The van der Waals surface area contributed by atoms with Crippen LogP contribution in [0.2, 0.25) is 0 Å². The van der Waals surface area contributed by atoms with Crippen LogP contribution in [0.15, 0.2) is 72.8 Å². The predicted octanol–water partition coefficient (Wildman–Crippen LogP) is 7.43. The lowest BCUT2D eigenvalue weighted by Crippen LogP contribution is -2.48. The van der Waals surface area contributed by atoms with Crippen LogP contribution in [-0.4, -0.2) is 56.5 Å². The van der Waals surface area contributed by atoms with Crippen LogP contribution >= 0.6 is 34.8 Å². The normalized spacial score (nSPS) is 23.5. The Morgan fingerprint density at radius 2 is 1.62 bits per heavy atom. The van der Waals surface area contributed by atoms with Gasteiger partial charge in [-0.3, -0.25) is 14.5 Å². The highest BCUT2D eigenvalue weighted by molar-refractivity contribution is 6.76. The van der Waals surface area contributed by atoms with Crippen molar-refractivity contribution < 1.29 is 28.9 Å². The first-order valence-corrected chi connectivity index (χ1v) is 17.4. The number of nitrogens with zero attached hydrogens (tertiary/aromatic N) is 1. The third-order valence-electron chi connectivity index (χ3n) is 8.71. The number of halogens is 3. The molecule has 0 radical (unpaired) electrons. The topological polar surface area (TPSA) is 97.3 Å². The molecule has 258 valence electrons. The fourth-order valence-electron chi connectivity index (χ4n) is 6.25. The van der Waals surface area contributed by atoms with Gasteiger partial charge in [0, 0.05) is 24.6 Å². The number of amides is 1. The zero-order valence-electron chi connectivity index (χ0n) is 27.6. The fourth-order valence-corrected chi connectivity index (χ4v) is 6.45. The van der Waals surface area contributed by atoms with E-state index in [0.29, 0.717) is 6.54 Å². The van der Waals surface area contributed by atoms with E-state index >= 15 is 0 Å². The number of alkyl halides is 3. The van der Waals surface area contributed by atoms with Gasteiger partial charge >= 0.3 is 5.97 Å². The summed E-state index contributed by atoms with van der Waals surface area (Å²) in [6, 6.07) is 23.2. The Kier molecular flexibility index (Phi) is 11.8. The van der Waals surface area contributed by atoms with Crippen LogP contribution in [0.1, 0.15) is 75.2 Å². The predicted molar refractivity (Wildman–Crippen MR) is 187 cm³/mol. The Morgan fingerprint density at radius 3 is 2.29 bits per heavy atom. The average Bonchev–Trinajstić information content (AvgIpc) is 3.52. The van der Waals surface area contributed by atoms with E-state index in [1.165, 1.54) is 0 Å². The number of hydrogen-bond acceptors (Lipinski definition) is 7. The molecular formula is C37H43Cl3N2O6. The smallest absolute Gasteiger partial charge is 0.323 e. The highest BCUT2D eigenvalue weighted by Gasteiger charge is 2.42. The number of carbonyl (C=O) groups is 2. The minimum Gasteiger partial charge on any atom is -0.459 e. The van der Waals surface area contributed by atoms with Crippen molar-refractivity contribution in [3.63, 3.8) is 0 Å². The second kappa shape index (κ2) is 15.5. The SMILES string of the molecule is C[C@H]1[C@@H](CN2CCC[C@H]2C(=O)OC(C)(C)C)O[C@@H](c2cccc(-c3cccc(CNC(=O)C(Cl)(Cl)Cl)c3)c2)O[C@H]1c1ccc(CO)cc1. The summed E-state index contributed by atoms with van der Waals surface area (Å²) in [4.78, 5) is 27.4. The summed E-state index contributed by atoms with van der Waals surface area (Å²) < 4.78 is 17.2. The standard InChI is InChI=1S/C37H43Cl3N2O6/c1-23-31(21-42-17-7-12-30(42)33(44)48-36(2,3)4)46-34(47-32(23)26-15-13-24(22-43)14-16-26)29-11-6-10-28(19-29)27-9-5-8-25(18-27)20-41-35(45)37(38,39)40/h5-6,8-11,13-16,18-19,23,30-32,34,43H,7,12,17,20-22H2,1-4H3,(H,41,45)/t23-,30-,31+,32+,34+/m0/s1. The molecule has 2 N–H and O–H groups in total. The lowest BCUT2D eigenvalue weighted by Gasteiger charge is -2.43. The van der Waals surface area contributed by atoms with Gasteiger partial charge in [-0.25, -0.2) is 0 Å². The molecule has 5 rings (SSSR count). The van der Waals surface area contributed by atoms with Crippen molar-refractivity contribution >= 4 is 46.7 Å². The van der Waals surface area contributed by atoms with E-state index in [1.807, 2.05) is 93.6 Å². The molecular weight excluding hydrogens is 675 g/mol. The molecule has 11 heteroatoms. The van der Waals surface area contributed by atoms with Gasteiger partial charge in [-0.15, -0.1) is 0 Å². The van der Waals surface area contributed by atoms with Crippen molar-refractivity contribution in [3.05, 3.63) is 95.1 Å². The third kappa shape index (κ3) is 9.30. The van der Waals surface area contributed by atoms with Crippen LogP contribution in [0.3, 0.4) is 0 Å². The molecule has 0 aliphatic carbocycles. The van der Waals surface area contributed by atoms with E-state index in [-0.39, 0.29) is 43.3 Å². The number of esters is 1. The quantitative estimate of drug-likeness (QED) is 0.176. The summed E-state index contributed by atoms with van der Waals surface area (Å²) in [7, 11) is 0. The second-order valence-electron chi connectivity index (χ2n) is 13.5. The number of aliphatic hydroxyl groups is 1. The van der Waals surface area contributed by atoms with Gasteiger partial charge in [-0.2, -0.15) is 0 Å². The molecule has 2 heterocycles. The summed E-state index contributed by atoms with van der Waals surface area (Å²) in [5.74, 6) is -0.930. The number of aliphatic hydroxyl groups excluding tert-OH is 1. The molecule has 0 spiro atoms. The Balaban J connectivity index is 1.40. The van der Waals surface area contributed by atoms with Gasteiger partial charge < -0.3 is 24.6 Å². The Labute approximate surface area is 297 Å². The molecule has 2 saturated heterocycles. The Bertz CT molecular complexity index is 1570. The van der Waals surface area contributed by atoms with E-state index in [1.54, 1.807) is 0 Å². The lowest BCUT2D eigenvalue weighted by atomic mass is 9.89. The lowest BCUT2D eigenvalue weighted by molar-refractivity contribution is -0.276. The molecule has 8 nitrogen and oxygen atoms in total. The average molecular weight is 718 g/mol. The van der Waals surface area contributed by atoms with Gasteiger partial charge in [0.25, 0.3) is 9.70 Å². The summed E-state index contributed by atoms with van der Waals surface area (Å²) in [5, 5.41) is 12.3. The van der Waals surface area contributed by atoms with Crippen LogP contribution in [-0.2, 0) is 37.0 Å². The monoisotopic (exact) mass is 716 g/mol. The molecule has 2 aliphatic heterocycles. The molecule has 5 atom stereocenters. The molecule has 2 fully saturated rings. The summed E-state index contributed by atoms with van der Waals surface area (Å²) in [6.45, 7) is 9.28. The summed E-state index contributed by atoms with van der Waals surface area (Å²) in [6.07, 6.45) is 0.437. The van der Waals surface area contributed by atoms with Crippen LogP contribution in [0.25, 0.3) is 11.1 Å². The van der Waals surface area contributed by atoms with Crippen LogP contribution in [0, 0.1) is 5.92 Å². The Morgan fingerprint density at radius 1 is 0.938 bits per heavy atom.